The molecule has 2 amide bonds. The van der Waals surface area contributed by atoms with Gasteiger partial charge in [-0.25, -0.2) is 4.98 Å². The summed E-state index contributed by atoms with van der Waals surface area (Å²) in [6.07, 6.45) is 2.94. The zero-order valence-corrected chi connectivity index (χ0v) is 12.4. The van der Waals surface area contributed by atoms with Crippen molar-refractivity contribution in [2.45, 2.75) is 51.7 Å². The zero-order valence-electron chi connectivity index (χ0n) is 12.4. The maximum absolute atomic E-state index is 12.6. The summed E-state index contributed by atoms with van der Waals surface area (Å²) in [4.78, 5) is 30.5. The Morgan fingerprint density at radius 1 is 1.40 bits per heavy atom. The van der Waals surface area contributed by atoms with Gasteiger partial charge in [-0.3, -0.25) is 14.3 Å². The highest BCUT2D eigenvalue weighted by Gasteiger charge is 2.46. The van der Waals surface area contributed by atoms with Crippen molar-refractivity contribution in [3.8, 4) is 0 Å². The van der Waals surface area contributed by atoms with Crippen LogP contribution in [0.1, 0.15) is 39.4 Å². The Morgan fingerprint density at radius 3 is 2.65 bits per heavy atom. The molecule has 0 aromatic carbocycles. The second-order valence-corrected chi connectivity index (χ2v) is 5.60. The summed E-state index contributed by atoms with van der Waals surface area (Å²) in [5, 5.41) is 6.80. The number of nitrogens with zero attached hydrogens (tertiary/aromatic N) is 4. The molecule has 110 valence electrons. The largest absolute Gasteiger partial charge is 0.342 e. The standard InChI is InChI=1S/C13H21N5O2/c1-5-6-9-11(19)18(13(2,3)12(20)16-9)7-10-14-8-15-17(10)4/h8-9H,5-7H2,1-4H3,(H,16,20). The number of amides is 2. The molecule has 7 heteroatoms. The minimum Gasteiger partial charge on any atom is -0.342 e. The molecule has 0 aliphatic carbocycles. The van der Waals surface area contributed by atoms with Gasteiger partial charge in [0, 0.05) is 7.05 Å². The van der Waals surface area contributed by atoms with E-state index >= 15 is 0 Å². The number of hydrogen-bond donors (Lipinski definition) is 1. The zero-order chi connectivity index (χ0) is 14.9. The lowest BCUT2D eigenvalue weighted by atomic mass is 9.94. The van der Waals surface area contributed by atoms with Gasteiger partial charge in [-0.2, -0.15) is 5.10 Å². The van der Waals surface area contributed by atoms with Crippen molar-refractivity contribution in [2.75, 3.05) is 0 Å². The van der Waals surface area contributed by atoms with Gasteiger partial charge >= 0.3 is 0 Å². The number of nitrogens with one attached hydrogen (secondary N) is 1. The molecule has 2 heterocycles. The Kier molecular flexibility index (Phi) is 3.78. The molecule has 0 bridgehead atoms. The van der Waals surface area contributed by atoms with E-state index in [0.29, 0.717) is 12.2 Å². The van der Waals surface area contributed by atoms with Crippen molar-refractivity contribution in [1.82, 2.24) is 25.0 Å². The van der Waals surface area contributed by atoms with Gasteiger partial charge < -0.3 is 10.2 Å². The van der Waals surface area contributed by atoms with E-state index in [-0.39, 0.29) is 18.4 Å². The lowest BCUT2D eigenvalue weighted by molar-refractivity contribution is -0.156. The number of piperazine rings is 1. The van der Waals surface area contributed by atoms with E-state index in [0.717, 1.165) is 6.42 Å². The van der Waals surface area contributed by atoms with Gasteiger partial charge in [-0.15, -0.1) is 0 Å². The maximum Gasteiger partial charge on any atom is 0.246 e. The fourth-order valence-corrected chi connectivity index (χ4v) is 2.35. The molecule has 1 aliphatic heterocycles. The highest BCUT2D eigenvalue weighted by atomic mass is 16.2. The summed E-state index contributed by atoms with van der Waals surface area (Å²) in [5.41, 5.74) is -0.882. The SMILES string of the molecule is CCCC1NC(=O)C(C)(C)N(Cc2ncnn2C)C1=O. The number of rotatable bonds is 4. The van der Waals surface area contributed by atoms with E-state index in [4.69, 9.17) is 0 Å². The first-order valence-corrected chi connectivity index (χ1v) is 6.83. The quantitative estimate of drug-likeness (QED) is 0.855. The minimum absolute atomic E-state index is 0.0561. The van der Waals surface area contributed by atoms with E-state index in [2.05, 4.69) is 15.4 Å². The molecule has 2 rings (SSSR count). The lowest BCUT2D eigenvalue weighted by Gasteiger charge is -2.44. The third kappa shape index (κ3) is 2.39. The average Bonchev–Trinajstić information content (AvgIpc) is 2.78. The van der Waals surface area contributed by atoms with Crippen LogP contribution in [0.3, 0.4) is 0 Å². The Labute approximate surface area is 118 Å². The second kappa shape index (κ2) is 5.22. The van der Waals surface area contributed by atoms with Crippen molar-refractivity contribution in [1.29, 1.82) is 0 Å². The third-order valence-electron chi connectivity index (χ3n) is 3.78. The number of aryl methyl sites for hydroxylation is 1. The van der Waals surface area contributed by atoms with Crippen LogP contribution in [0.15, 0.2) is 6.33 Å². The number of hydrogen-bond acceptors (Lipinski definition) is 4. The van der Waals surface area contributed by atoms with E-state index < -0.39 is 11.6 Å². The number of carbonyl (C=O) groups excluding carboxylic acids is 2. The lowest BCUT2D eigenvalue weighted by Crippen LogP contribution is -2.68. The van der Waals surface area contributed by atoms with Crippen LogP contribution in [-0.2, 0) is 23.2 Å². The Morgan fingerprint density at radius 2 is 2.10 bits per heavy atom. The predicted octanol–water partition coefficient (Wildman–Crippen LogP) is 0.221. The van der Waals surface area contributed by atoms with E-state index in [1.165, 1.54) is 6.33 Å². The van der Waals surface area contributed by atoms with E-state index in [1.54, 1.807) is 30.5 Å². The molecule has 0 saturated carbocycles. The monoisotopic (exact) mass is 279 g/mol. The molecule has 1 aliphatic rings. The molecule has 1 fully saturated rings. The van der Waals surface area contributed by atoms with Gasteiger partial charge in [0.2, 0.25) is 11.8 Å². The van der Waals surface area contributed by atoms with Crippen molar-refractivity contribution < 1.29 is 9.59 Å². The van der Waals surface area contributed by atoms with E-state index in [1.807, 2.05) is 6.92 Å². The molecule has 1 atom stereocenters. The van der Waals surface area contributed by atoms with Crippen LogP contribution in [0.5, 0.6) is 0 Å². The molecule has 1 aromatic heterocycles. The molecule has 1 N–H and O–H groups in total. The first-order chi connectivity index (χ1) is 9.37. The van der Waals surface area contributed by atoms with Gasteiger partial charge in [0.15, 0.2) is 0 Å². The van der Waals surface area contributed by atoms with Crippen LogP contribution in [0.2, 0.25) is 0 Å². The summed E-state index contributed by atoms with van der Waals surface area (Å²) in [5.74, 6) is 0.480. The molecular weight excluding hydrogens is 258 g/mol. The molecule has 1 aromatic rings. The minimum atomic E-state index is -0.882. The molecular formula is C13H21N5O2. The predicted molar refractivity (Wildman–Crippen MR) is 72.5 cm³/mol. The van der Waals surface area contributed by atoms with Crippen LogP contribution in [-0.4, -0.2) is 43.1 Å². The first kappa shape index (κ1) is 14.5. The van der Waals surface area contributed by atoms with Crippen LogP contribution < -0.4 is 5.32 Å². The van der Waals surface area contributed by atoms with Crippen molar-refractivity contribution in [3.63, 3.8) is 0 Å². The summed E-state index contributed by atoms with van der Waals surface area (Å²) in [7, 11) is 1.77. The van der Waals surface area contributed by atoms with Crippen LogP contribution in [0.25, 0.3) is 0 Å². The Bertz CT molecular complexity index is 523. The topological polar surface area (TPSA) is 80.1 Å². The van der Waals surface area contributed by atoms with Gasteiger partial charge in [-0.1, -0.05) is 13.3 Å². The average molecular weight is 279 g/mol. The normalized spacial score (nSPS) is 22.0. The van der Waals surface area contributed by atoms with Gasteiger partial charge in [0.1, 0.15) is 23.7 Å². The molecule has 0 spiro atoms. The molecule has 0 radical (unpaired) electrons. The fourth-order valence-electron chi connectivity index (χ4n) is 2.35. The van der Waals surface area contributed by atoms with Gasteiger partial charge in [0.25, 0.3) is 0 Å². The summed E-state index contributed by atoms with van der Waals surface area (Å²) in [6, 6.07) is -0.436. The molecule has 7 nitrogen and oxygen atoms in total. The smallest absolute Gasteiger partial charge is 0.246 e. The van der Waals surface area contributed by atoms with Gasteiger partial charge in [0.05, 0.1) is 6.54 Å². The van der Waals surface area contributed by atoms with Crippen LogP contribution in [0.4, 0.5) is 0 Å². The molecule has 20 heavy (non-hydrogen) atoms. The highest BCUT2D eigenvalue weighted by molar-refractivity contribution is 5.99. The Balaban J connectivity index is 2.28. The Hall–Kier alpha value is -1.92. The van der Waals surface area contributed by atoms with Crippen molar-refractivity contribution in [3.05, 3.63) is 12.2 Å². The molecule has 1 saturated heterocycles. The number of aromatic nitrogens is 3. The summed E-state index contributed by atoms with van der Waals surface area (Å²) < 4.78 is 1.62. The highest BCUT2D eigenvalue weighted by Crippen LogP contribution is 2.24. The van der Waals surface area contributed by atoms with Crippen LogP contribution in [0, 0.1) is 0 Å². The van der Waals surface area contributed by atoms with Gasteiger partial charge in [-0.05, 0) is 20.3 Å². The number of carbonyl (C=O) groups is 2. The molecule has 1 unspecified atom stereocenters. The maximum atomic E-state index is 12.6. The third-order valence-corrected chi connectivity index (χ3v) is 3.78. The summed E-state index contributed by atoms with van der Waals surface area (Å²) >= 11 is 0. The van der Waals surface area contributed by atoms with Crippen LogP contribution >= 0.6 is 0 Å². The second-order valence-electron chi connectivity index (χ2n) is 5.60. The van der Waals surface area contributed by atoms with Crippen molar-refractivity contribution in [2.24, 2.45) is 7.05 Å². The fraction of sp³-hybridized carbons (Fsp3) is 0.692. The van der Waals surface area contributed by atoms with E-state index in [9.17, 15) is 9.59 Å². The first-order valence-electron chi connectivity index (χ1n) is 6.83. The summed E-state index contributed by atoms with van der Waals surface area (Å²) in [6.45, 7) is 5.78. The van der Waals surface area contributed by atoms with Crippen molar-refractivity contribution >= 4 is 11.8 Å².